The standard InChI is InChI=1S/C22H34N6O2/c1-4-9-24-22(30)19-12-28(11-16(19)3)26-14-23-13-25-20-10-17(6-5-15(20)2)21(29)27-18-7-8-18/h5,10-12,14,17-18,21,25,27,29H,4,6-9,13H2,1-3H3,(H,23,26)(H,24,30). The molecule has 1 fully saturated rings. The van der Waals surface area contributed by atoms with Crippen LogP contribution in [0.1, 0.15) is 55.5 Å². The van der Waals surface area contributed by atoms with Crippen LogP contribution < -0.4 is 21.4 Å². The van der Waals surface area contributed by atoms with Crippen LogP contribution in [0.5, 0.6) is 0 Å². The van der Waals surface area contributed by atoms with Gasteiger partial charge in [-0.15, -0.1) is 0 Å². The molecular weight excluding hydrogens is 380 g/mol. The van der Waals surface area contributed by atoms with Crippen LogP contribution >= 0.6 is 0 Å². The Hall–Kier alpha value is -2.58. The Morgan fingerprint density at radius 2 is 2.17 bits per heavy atom. The molecule has 0 aliphatic heterocycles. The van der Waals surface area contributed by atoms with Crippen LogP contribution in [0.3, 0.4) is 0 Å². The first-order chi connectivity index (χ1) is 14.5. The van der Waals surface area contributed by atoms with Crippen molar-refractivity contribution in [2.75, 3.05) is 18.6 Å². The number of aliphatic hydroxyl groups is 1. The Bertz CT molecular complexity index is 822. The summed E-state index contributed by atoms with van der Waals surface area (Å²) in [6.07, 6.45) is 13.0. The van der Waals surface area contributed by atoms with Gasteiger partial charge in [-0.3, -0.25) is 25.2 Å². The van der Waals surface area contributed by atoms with Gasteiger partial charge in [0.2, 0.25) is 0 Å². The molecule has 1 heterocycles. The largest absolute Gasteiger partial charge is 0.378 e. The fourth-order valence-corrected chi connectivity index (χ4v) is 3.36. The monoisotopic (exact) mass is 414 g/mol. The van der Waals surface area contributed by atoms with E-state index in [0.717, 1.165) is 42.5 Å². The summed E-state index contributed by atoms with van der Waals surface area (Å²) in [6.45, 7) is 7.07. The van der Waals surface area contributed by atoms with Gasteiger partial charge in [-0.25, -0.2) is 0 Å². The summed E-state index contributed by atoms with van der Waals surface area (Å²) in [4.78, 5) is 16.5. The molecule has 2 unspecified atom stereocenters. The van der Waals surface area contributed by atoms with Crippen molar-refractivity contribution >= 4 is 12.2 Å². The number of rotatable bonds is 11. The maximum atomic E-state index is 12.1. The van der Waals surface area contributed by atoms with Crippen molar-refractivity contribution < 1.29 is 9.90 Å². The normalized spacial score (nSPS) is 19.9. The maximum Gasteiger partial charge on any atom is 0.253 e. The fourth-order valence-electron chi connectivity index (χ4n) is 3.36. The molecule has 0 bridgehead atoms. The van der Waals surface area contributed by atoms with Crippen molar-refractivity contribution in [2.24, 2.45) is 10.9 Å². The second kappa shape index (κ2) is 10.4. The summed E-state index contributed by atoms with van der Waals surface area (Å²) in [5, 5.41) is 19.8. The van der Waals surface area contributed by atoms with Gasteiger partial charge in [-0.05, 0) is 50.7 Å². The van der Waals surface area contributed by atoms with E-state index in [1.54, 1.807) is 17.2 Å². The molecular formula is C22H34N6O2. The number of amides is 1. The van der Waals surface area contributed by atoms with Gasteiger partial charge in [0.1, 0.15) is 19.2 Å². The van der Waals surface area contributed by atoms with Crippen molar-refractivity contribution in [1.82, 2.24) is 20.6 Å². The first-order valence-corrected chi connectivity index (χ1v) is 10.8. The minimum atomic E-state index is -0.510. The minimum absolute atomic E-state index is 0.0621. The van der Waals surface area contributed by atoms with Crippen LogP contribution in [0.2, 0.25) is 0 Å². The molecule has 8 heteroatoms. The molecule has 2 atom stereocenters. The Kier molecular flexibility index (Phi) is 7.70. The molecule has 2 aliphatic carbocycles. The number of hydrogen-bond acceptors (Lipinski definition) is 5. The van der Waals surface area contributed by atoms with Crippen molar-refractivity contribution in [3.63, 3.8) is 0 Å². The number of nitrogens with zero attached hydrogens (tertiary/aromatic N) is 2. The lowest BCUT2D eigenvalue weighted by Gasteiger charge is -2.25. The number of carbonyl (C=O) groups excluding carboxylic acids is 1. The molecule has 0 radical (unpaired) electrons. The second-order valence-electron chi connectivity index (χ2n) is 8.05. The highest BCUT2D eigenvalue weighted by Gasteiger charge is 2.28. The zero-order valence-electron chi connectivity index (χ0n) is 18.1. The predicted molar refractivity (Wildman–Crippen MR) is 120 cm³/mol. The third kappa shape index (κ3) is 6.21. The Morgan fingerprint density at radius 3 is 2.90 bits per heavy atom. The fraction of sp³-hybridized carbons (Fsp3) is 0.545. The van der Waals surface area contributed by atoms with E-state index in [-0.39, 0.29) is 11.8 Å². The molecule has 0 spiro atoms. The lowest BCUT2D eigenvalue weighted by atomic mass is 9.93. The maximum absolute atomic E-state index is 12.1. The van der Waals surface area contributed by atoms with Crippen molar-refractivity contribution in [3.05, 3.63) is 46.9 Å². The molecule has 8 nitrogen and oxygen atoms in total. The lowest BCUT2D eigenvalue weighted by molar-refractivity contribution is 0.0927. The van der Waals surface area contributed by atoms with Crippen molar-refractivity contribution in [3.8, 4) is 0 Å². The van der Waals surface area contributed by atoms with Gasteiger partial charge in [0.05, 0.1) is 5.56 Å². The van der Waals surface area contributed by atoms with Gasteiger partial charge in [0.15, 0.2) is 0 Å². The van der Waals surface area contributed by atoms with Crippen LogP contribution in [0.15, 0.2) is 40.8 Å². The average molecular weight is 415 g/mol. The van der Waals surface area contributed by atoms with Crippen molar-refractivity contribution in [2.45, 2.75) is 58.7 Å². The number of allylic oxidation sites excluding steroid dienone is 2. The van der Waals surface area contributed by atoms with Gasteiger partial charge in [-0.2, -0.15) is 0 Å². The van der Waals surface area contributed by atoms with Crippen LogP contribution in [0.25, 0.3) is 0 Å². The highest BCUT2D eigenvalue weighted by atomic mass is 16.3. The first kappa shape index (κ1) is 22.1. The van der Waals surface area contributed by atoms with E-state index in [2.05, 4.69) is 45.4 Å². The van der Waals surface area contributed by atoms with E-state index in [4.69, 9.17) is 0 Å². The van der Waals surface area contributed by atoms with Gasteiger partial charge in [-0.1, -0.05) is 19.1 Å². The van der Waals surface area contributed by atoms with Crippen molar-refractivity contribution in [1.29, 1.82) is 0 Å². The molecule has 1 amide bonds. The number of aromatic nitrogens is 1. The van der Waals surface area contributed by atoms with E-state index >= 15 is 0 Å². The SMILES string of the molecule is CCCNC(=O)c1cn(NC=NCNC2=CC(C(O)NC3CC3)CC=C2C)cc1C. The number of aliphatic hydroxyl groups excluding tert-OH is 1. The minimum Gasteiger partial charge on any atom is -0.378 e. The topological polar surface area (TPSA) is 103 Å². The third-order valence-electron chi connectivity index (χ3n) is 5.36. The number of nitrogens with one attached hydrogen (secondary N) is 4. The van der Waals surface area contributed by atoms with Crippen LogP contribution in [0, 0.1) is 12.8 Å². The summed E-state index contributed by atoms with van der Waals surface area (Å²) in [6, 6.07) is 0.475. The molecule has 3 rings (SSSR count). The highest BCUT2D eigenvalue weighted by Crippen LogP contribution is 2.26. The lowest BCUT2D eigenvalue weighted by Crippen LogP contribution is -2.38. The molecule has 5 N–H and O–H groups in total. The predicted octanol–water partition coefficient (Wildman–Crippen LogP) is 1.98. The number of hydrogen-bond donors (Lipinski definition) is 5. The van der Waals surface area contributed by atoms with Gasteiger partial charge < -0.3 is 15.7 Å². The second-order valence-corrected chi connectivity index (χ2v) is 8.05. The van der Waals surface area contributed by atoms with Crippen LogP contribution in [0.4, 0.5) is 0 Å². The van der Waals surface area contributed by atoms with Crippen LogP contribution in [-0.2, 0) is 0 Å². The molecule has 2 aliphatic rings. The average Bonchev–Trinajstić information content (AvgIpc) is 3.46. The summed E-state index contributed by atoms with van der Waals surface area (Å²) >= 11 is 0. The molecule has 30 heavy (non-hydrogen) atoms. The molecule has 0 saturated heterocycles. The molecule has 1 aromatic heterocycles. The third-order valence-corrected chi connectivity index (χ3v) is 5.36. The molecule has 0 aromatic carbocycles. The van der Waals surface area contributed by atoms with Crippen LogP contribution in [-0.4, -0.2) is 47.5 Å². The number of aliphatic imine (C=N–C) groups is 1. The summed E-state index contributed by atoms with van der Waals surface area (Å²) in [5.41, 5.74) is 6.77. The van der Waals surface area contributed by atoms with Gasteiger partial charge >= 0.3 is 0 Å². The smallest absolute Gasteiger partial charge is 0.253 e. The van der Waals surface area contributed by atoms with E-state index in [1.807, 2.05) is 20.0 Å². The Labute approximate surface area is 178 Å². The highest BCUT2D eigenvalue weighted by molar-refractivity contribution is 5.95. The van der Waals surface area contributed by atoms with E-state index in [1.165, 1.54) is 0 Å². The summed E-state index contributed by atoms with van der Waals surface area (Å²) in [7, 11) is 0. The Balaban J connectivity index is 1.46. The van der Waals surface area contributed by atoms with E-state index in [0.29, 0.717) is 24.8 Å². The summed E-state index contributed by atoms with van der Waals surface area (Å²) in [5.74, 6) is 0.00644. The quantitative estimate of drug-likeness (QED) is 0.216. The van der Waals surface area contributed by atoms with E-state index in [9.17, 15) is 9.90 Å². The first-order valence-electron chi connectivity index (χ1n) is 10.8. The number of carbonyl (C=O) groups is 1. The Morgan fingerprint density at radius 1 is 1.37 bits per heavy atom. The zero-order valence-corrected chi connectivity index (χ0v) is 18.1. The molecule has 1 aromatic rings. The number of aryl methyl sites for hydroxylation is 1. The zero-order chi connectivity index (χ0) is 21.5. The molecule has 164 valence electrons. The van der Waals surface area contributed by atoms with E-state index < -0.39 is 6.23 Å². The van der Waals surface area contributed by atoms with Gasteiger partial charge in [0.25, 0.3) is 5.91 Å². The van der Waals surface area contributed by atoms with Gasteiger partial charge in [0, 0.05) is 36.6 Å². The summed E-state index contributed by atoms with van der Waals surface area (Å²) < 4.78 is 1.72. The molecule has 1 saturated carbocycles.